The van der Waals surface area contributed by atoms with Crippen LogP contribution in [-0.4, -0.2) is 16.7 Å². The van der Waals surface area contributed by atoms with Crippen molar-refractivity contribution in [2.45, 2.75) is 13.8 Å². The molecule has 20 heavy (non-hydrogen) atoms. The number of nitrogens with one attached hydrogen (secondary N) is 1. The summed E-state index contributed by atoms with van der Waals surface area (Å²) >= 11 is 0. The Labute approximate surface area is 117 Å². The summed E-state index contributed by atoms with van der Waals surface area (Å²) in [5.41, 5.74) is 5.56. The van der Waals surface area contributed by atoms with Gasteiger partial charge in [0.25, 0.3) is 5.91 Å². The molecule has 0 fully saturated rings. The lowest BCUT2D eigenvalue weighted by Crippen LogP contribution is -2.20. The topological polar surface area (TPSA) is 61.7 Å². The van der Waals surface area contributed by atoms with E-state index in [9.17, 15) is 9.90 Å². The van der Waals surface area contributed by atoms with Gasteiger partial charge in [-0.25, -0.2) is 5.43 Å². The number of carbonyl (C=O) groups is 1. The molecule has 2 N–H and O–H groups in total. The molecular weight excluding hydrogens is 252 g/mol. The molecule has 0 bridgehead atoms. The van der Waals surface area contributed by atoms with Gasteiger partial charge >= 0.3 is 0 Å². The van der Waals surface area contributed by atoms with E-state index in [0.29, 0.717) is 11.3 Å². The van der Waals surface area contributed by atoms with Crippen LogP contribution in [0.5, 0.6) is 5.75 Å². The third-order valence-corrected chi connectivity index (χ3v) is 3.00. The van der Waals surface area contributed by atoms with E-state index in [1.807, 2.05) is 25.1 Å². The number of hydrogen-bond acceptors (Lipinski definition) is 3. The molecule has 0 heterocycles. The Morgan fingerprint density at radius 3 is 2.40 bits per heavy atom. The summed E-state index contributed by atoms with van der Waals surface area (Å²) < 4.78 is 0. The number of carbonyl (C=O) groups excluding carboxylic acids is 1. The fraction of sp³-hybridized carbons (Fsp3) is 0.125. The standard InChI is InChI=1S/C16H16N2O2/c1-11-5-3-4-6-15(11)16(20)18-17-12(2)13-7-9-14(19)10-8-13/h3-10,19H,1-2H3,(H,18,20). The summed E-state index contributed by atoms with van der Waals surface area (Å²) in [7, 11) is 0. The Morgan fingerprint density at radius 2 is 1.75 bits per heavy atom. The fourth-order valence-electron chi connectivity index (χ4n) is 1.79. The lowest BCUT2D eigenvalue weighted by atomic mass is 10.1. The van der Waals surface area contributed by atoms with Crippen LogP contribution < -0.4 is 5.43 Å². The van der Waals surface area contributed by atoms with E-state index in [4.69, 9.17) is 0 Å². The monoisotopic (exact) mass is 268 g/mol. The maximum absolute atomic E-state index is 12.0. The number of aromatic hydroxyl groups is 1. The summed E-state index contributed by atoms with van der Waals surface area (Å²) in [6, 6.07) is 14.0. The minimum absolute atomic E-state index is 0.200. The number of amides is 1. The Bertz CT molecular complexity index is 646. The fourth-order valence-corrected chi connectivity index (χ4v) is 1.79. The Balaban J connectivity index is 2.11. The van der Waals surface area contributed by atoms with E-state index in [1.165, 1.54) is 0 Å². The number of nitrogens with zero attached hydrogens (tertiary/aromatic N) is 1. The van der Waals surface area contributed by atoms with Gasteiger partial charge in [-0.2, -0.15) is 5.10 Å². The van der Waals surface area contributed by atoms with Crippen molar-refractivity contribution >= 4 is 11.6 Å². The Kier molecular flexibility index (Phi) is 4.15. The second kappa shape index (κ2) is 6.02. The van der Waals surface area contributed by atoms with Crippen molar-refractivity contribution < 1.29 is 9.90 Å². The number of phenolic OH excluding ortho intramolecular Hbond substituents is 1. The van der Waals surface area contributed by atoms with Crippen LogP contribution in [0.4, 0.5) is 0 Å². The van der Waals surface area contributed by atoms with Crippen molar-refractivity contribution in [2.24, 2.45) is 5.10 Å². The van der Waals surface area contributed by atoms with Crippen LogP contribution in [0, 0.1) is 6.92 Å². The molecule has 102 valence electrons. The third-order valence-electron chi connectivity index (χ3n) is 3.00. The maximum atomic E-state index is 12.0. The molecule has 0 unspecified atom stereocenters. The zero-order valence-electron chi connectivity index (χ0n) is 11.4. The molecule has 0 aliphatic rings. The number of hydrogen-bond donors (Lipinski definition) is 2. The molecule has 1 amide bonds. The molecule has 4 nitrogen and oxygen atoms in total. The van der Waals surface area contributed by atoms with Crippen LogP contribution in [0.1, 0.15) is 28.4 Å². The van der Waals surface area contributed by atoms with Crippen LogP contribution in [-0.2, 0) is 0 Å². The highest BCUT2D eigenvalue weighted by atomic mass is 16.3. The van der Waals surface area contributed by atoms with Crippen molar-refractivity contribution in [1.29, 1.82) is 0 Å². The smallest absolute Gasteiger partial charge is 0.271 e. The third kappa shape index (κ3) is 3.23. The first-order chi connectivity index (χ1) is 9.58. The second-order valence-electron chi connectivity index (χ2n) is 4.50. The second-order valence-corrected chi connectivity index (χ2v) is 4.50. The van der Waals surface area contributed by atoms with Crippen molar-refractivity contribution in [1.82, 2.24) is 5.43 Å². The van der Waals surface area contributed by atoms with E-state index in [2.05, 4.69) is 10.5 Å². The van der Waals surface area contributed by atoms with Gasteiger partial charge in [0, 0.05) is 5.56 Å². The van der Waals surface area contributed by atoms with E-state index < -0.39 is 0 Å². The van der Waals surface area contributed by atoms with E-state index in [-0.39, 0.29) is 11.7 Å². The minimum Gasteiger partial charge on any atom is -0.508 e. The molecule has 4 heteroatoms. The van der Waals surface area contributed by atoms with E-state index in [0.717, 1.165) is 11.1 Å². The van der Waals surface area contributed by atoms with E-state index >= 15 is 0 Å². The number of hydrazone groups is 1. The first-order valence-electron chi connectivity index (χ1n) is 6.27. The summed E-state index contributed by atoms with van der Waals surface area (Å²) in [5, 5.41) is 13.3. The molecule has 2 aromatic rings. The molecule has 0 saturated carbocycles. The highest BCUT2D eigenvalue weighted by Crippen LogP contribution is 2.10. The number of aryl methyl sites for hydroxylation is 1. The SMILES string of the molecule is CC(=NNC(=O)c1ccccc1C)c1ccc(O)cc1. The van der Waals surface area contributed by atoms with Crippen molar-refractivity contribution in [2.75, 3.05) is 0 Å². The summed E-state index contributed by atoms with van der Waals surface area (Å²) in [6.45, 7) is 3.68. The molecule has 0 aliphatic heterocycles. The average molecular weight is 268 g/mol. The molecular formula is C16H16N2O2. The lowest BCUT2D eigenvalue weighted by Gasteiger charge is -2.05. The zero-order valence-corrected chi connectivity index (χ0v) is 11.4. The highest BCUT2D eigenvalue weighted by molar-refractivity contribution is 6.01. The molecule has 0 saturated heterocycles. The van der Waals surface area contributed by atoms with Crippen LogP contribution in [0.25, 0.3) is 0 Å². The highest BCUT2D eigenvalue weighted by Gasteiger charge is 2.07. The van der Waals surface area contributed by atoms with Gasteiger partial charge in [-0.3, -0.25) is 4.79 Å². The van der Waals surface area contributed by atoms with Crippen molar-refractivity contribution in [3.63, 3.8) is 0 Å². The predicted octanol–water partition coefficient (Wildman–Crippen LogP) is 2.85. The van der Waals surface area contributed by atoms with E-state index in [1.54, 1.807) is 37.3 Å². The first-order valence-corrected chi connectivity index (χ1v) is 6.27. The van der Waals surface area contributed by atoms with Crippen LogP contribution in [0.2, 0.25) is 0 Å². The lowest BCUT2D eigenvalue weighted by molar-refractivity contribution is 0.0954. The van der Waals surface area contributed by atoms with Gasteiger partial charge in [0.1, 0.15) is 5.75 Å². The maximum Gasteiger partial charge on any atom is 0.271 e. The van der Waals surface area contributed by atoms with Crippen molar-refractivity contribution in [3.8, 4) is 5.75 Å². The van der Waals surface area contributed by atoms with Gasteiger partial charge in [0.05, 0.1) is 5.71 Å². The molecule has 0 atom stereocenters. The normalized spacial score (nSPS) is 11.2. The Hall–Kier alpha value is -2.62. The molecule has 0 radical (unpaired) electrons. The zero-order chi connectivity index (χ0) is 14.5. The summed E-state index contributed by atoms with van der Waals surface area (Å²) in [5.74, 6) is -0.0354. The number of rotatable bonds is 3. The summed E-state index contributed by atoms with van der Waals surface area (Å²) in [6.07, 6.45) is 0. The predicted molar refractivity (Wildman–Crippen MR) is 79.0 cm³/mol. The molecule has 0 aromatic heterocycles. The number of benzene rings is 2. The largest absolute Gasteiger partial charge is 0.508 e. The molecule has 0 spiro atoms. The summed E-state index contributed by atoms with van der Waals surface area (Å²) in [4.78, 5) is 12.0. The average Bonchev–Trinajstić information content (AvgIpc) is 2.45. The quantitative estimate of drug-likeness (QED) is 0.664. The van der Waals surface area contributed by atoms with Gasteiger partial charge < -0.3 is 5.11 Å². The van der Waals surface area contributed by atoms with Gasteiger partial charge in [-0.05, 0) is 55.3 Å². The Morgan fingerprint density at radius 1 is 1.10 bits per heavy atom. The molecule has 2 aromatic carbocycles. The number of phenols is 1. The first kappa shape index (κ1) is 13.8. The van der Waals surface area contributed by atoms with Crippen LogP contribution in [0.3, 0.4) is 0 Å². The van der Waals surface area contributed by atoms with Gasteiger partial charge in [-0.1, -0.05) is 18.2 Å². The minimum atomic E-state index is -0.235. The van der Waals surface area contributed by atoms with Gasteiger partial charge in [-0.15, -0.1) is 0 Å². The van der Waals surface area contributed by atoms with Crippen molar-refractivity contribution in [3.05, 3.63) is 65.2 Å². The van der Waals surface area contributed by atoms with Gasteiger partial charge in [0.15, 0.2) is 0 Å². The van der Waals surface area contributed by atoms with Crippen LogP contribution >= 0.6 is 0 Å². The van der Waals surface area contributed by atoms with Gasteiger partial charge in [0.2, 0.25) is 0 Å². The van der Waals surface area contributed by atoms with Crippen LogP contribution in [0.15, 0.2) is 53.6 Å². The molecule has 2 rings (SSSR count). The molecule has 0 aliphatic carbocycles.